The minimum absolute atomic E-state index is 0.0652. The average Bonchev–Trinajstić information content (AvgIpc) is 2.48. The summed E-state index contributed by atoms with van der Waals surface area (Å²) in [5.41, 5.74) is 2.53. The first kappa shape index (κ1) is 17.8. The van der Waals surface area contributed by atoms with Crippen molar-refractivity contribution >= 4 is 58.5 Å². The van der Waals surface area contributed by atoms with Crippen LogP contribution in [0.15, 0.2) is 40.5 Å². The van der Waals surface area contributed by atoms with Crippen molar-refractivity contribution < 1.29 is 4.79 Å². The first-order valence-electron chi connectivity index (χ1n) is 6.19. The maximum atomic E-state index is 11.8. The first-order valence-corrected chi connectivity index (χ1v) is 7.70. The number of rotatable bonds is 4. The first-order chi connectivity index (χ1) is 10.9. The van der Waals surface area contributed by atoms with Crippen LogP contribution < -0.4 is 10.9 Å². The highest BCUT2D eigenvalue weighted by molar-refractivity contribution is 6.42. The van der Waals surface area contributed by atoms with Crippen molar-refractivity contribution in [2.45, 2.75) is 6.54 Å². The van der Waals surface area contributed by atoms with E-state index in [0.29, 0.717) is 15.6 Å². The Hall–Kier alpha value is -1.53. The molecule has 2 rings (SSSR count). The van der Waals surface area contributed by atoms with Gasteiger partial charge in [-0.1, -0.05) is 52.5 Å². The molecule has 5 nitrogen and oxygen atoms in total. The minimum Gasteiger partial charge on any atom is -0.342 e. The predicted octanol–water partition coefficient (Wildman–Crippen LogP) is 3.61. The number of carbonyl (C=O) groups is 1. The molecule has 0 atom stereocenters. The molecular formula is C14H9Cl4N3O2. The Morgan fingerprint density at radius 2 is 1.74 bits per heavy atom. The number of amides is 1. The highest BCUT2D eigenvalue weighted by Gasteiger charge is 2.06. The van der Waals surface area contributed by atoms with Crippen LogP contribution in [0.2, 0.25) is 20.1 Å². The van der Waals surface area contributed by atoms with Gasteiger partial charge < -0.3 is 4.57 Å². The second kappa shape index (κ2) is 7.84. The van der Waals surface area contributed by atoms with Gasteiger partial charge in [-0.3, -0.25) is 9.59 Å². The lowest BCUT2D eigenvalue weighted by atomic mass is 10.2. The smallest absolute Gasteiger partial charge is 0.259 e. The zero-order valence-electron chi connectivity index (χ0n) is 11.4. The van der Waals surface area contributed by atoms with Gasteiger partial charge in [-0.2, -0.15) is 5.10 Å². The van der Waals surface area contributed by atoms with Crippen LogP contribution in [0.1, 0.15) is 5.56 Å². The lowest BCUT2D eigenvalue weighted by molar-refractivity contribution is -0.121. The summed E-state index contributed by atoms with van der Waals surface area (Å²) >= 11 is 23.1. The van der Waals surface area contributed by atoms with Crippen molar-refractivity contribution in [2.75, 3.05) is 0 Å². The van der Waals surface area contributed by atoms with Crippen LogP contribution >= 0.6 is 46.4 Å². The van der Waals surface area contributed by atoms with Crippen molar-refractivity contribution in [3.05, 3.63) is 66.5 Å². The summed E-state index contributed by atoms with van der Waals surface area (Å²) in [6.45, 7) is -0.0988. The highest BCUT2D eigenvalue weighted by atomic mass is 35.5. The van der Waals surface area contributed by atoms with E-state index in [0.717, 1.165) is 0 Å². The number of aromatic nitrogens is 1. The third-order valence-electron chi connectivity index (χ3n) is 2.66. The second-order valence-corrected chi connectivity index (χ2v) is 6.05. The molecule has 0 aliphatic rings. The molecule has 1 heterocycles. The largest absolute Gasteiger partial charge is 0.342 e. The summed E-state index contributed by atoms with van der Waals surface area (Å²) in [6, 6.07) is 4.93. The molecule has 0 saturated heterocycles. The number of benzene rings is 1. The van der Waals surface area contributed by atoms with Crippen molar-refractivity contribution in [1.82, 2.24) is 9.99 Å². The maximum Gasteiger partial charge on any atom is 0.259 e. The van der Waals surface area contributed by atoms with E-state index in [-0.39, 0.29) is 16.6 Å². The third-order valence-corrected chi connectivity index (χ3v) is 3.94. The number of halogens is 4. The van der Waals surface area contributed by atoms with E-state index in [1.54, 1.807) is 18.2 Å². The molecule has 2 aromatic rings. The van der Waals surface area contributed by atoms with Crippen LogP contribution in [-0.2, 0) is 11.3 Å². The zero-order chi connectivity index (χ0) is 17.0. The molecule has 1 N–H and O–H groups in total. The van der Waals surface area contributed by atoms with E-state index in [9.17, 15) is 9.59 Å². The summed E-state index contributed by atoms with van der Waals surface area (Å²) in [7, 11) is 0. The molecule has 0 aliphatic carbocycles. The molecule has 0 unspecified atom stereocenters. The van der Waals surface area contributed by atoms with Crippen LogP contribution in [0, 0.1) is 0 Å². The Bertz CT molecular complexity index is 807. The number of pyridine rings is 1. The lowest BCUT2D eigenvalue weighted by Gasteiger charge is -2.06. The highest BCUT2D eigenvalue weighted by Crippen LogP contribution is 2.21. The van der Waals surface area contributed by atoms with Gasteiger partial charge in [-0.05, 0) is 17.7 Å². The summed E-state index contributed by atoms with van der Waals surface area (Å²) in [5.74, 6) is -0.419. The van der Waals surface area contributed by atoms with Crippen molar-refractivity contribution in [2.24, 2.45) is 5.10 Å². The number of carbonyl (C=O) groups excluding carboxylic acids is 1. The molecule has 1 amide bonds. The zero-order valence-corrected chi connectivity index (χ0v) is 14.4. The fraction of sp³-hybridized carbons (Fsp3) is 0.0714. The molecule has 0 spiro atoms. The third kappa shape index (κ3) is 4.97. The molecule has 1 aromatic heterocycles. The Labute approximate surface area is 151 Å². The van der Waals surface area contributed by atoms with E-state index in [4.69, 9.17) is 46.4 Å². The molecule has 0 radical (unpaired) electrons. The predicted molar refractivity (Wildman–Crippen MR) is 92.9 cm³/mol. The van der Waals surface area contributed by atoms with E-state index < -0.39 is 11.3 Å². The number of hydrogen-bond donors (Lipinski definition) is 1. The van der Waals surface area contributed by atoms with Gasteiger partial charge in [-0.15, -0.1) is 0 Å². The van der Waals surface area contributed by atoms with Gasteiger partial charge in [0.1, 0.15) is 16.6 Å². The van der Waals surface area contributed by atoms with Gasteiger partial charge in [0.05, 0.1) is 16.3 Å². The summed E-state index contributed by atoms with van der Waals surface area (Å²) in [5, 5.41) is 4.49. The van der Waals surface area contributed by atoms with E-state index in [1.807, 2.05) is 0 Å². The normalized spacial score (nSPS) is 11.0. The molecule has 0 saturated carbocycles. The Morgan fingerprint density at radius 1 is 1.09 bits per heavy atom. The van der Waals surface area contributed by atoms with Crippen molar-refractivity contribution in [1.29, 1.82) is 0 Å². The fourth-order valence-electron chi connectivity index (χ4n) is 1.62. The van der Waals surface area contributed by atoms with Crippen molar-refractivity contribution in [3.63, 3.8) is 0 Å². The number of hydrogen-bond acceptors (Lipinski definition) is 3. The van der Waals surface area contributed by atoms with Gasteiger partial charge >= 0.3 is 0 Å². The van der Waals surface area contributed by atoms with Gasteiger partial charge in [0.15, 0.2) is 0 Å². The second-order valence-electron chi connectivity index (χ2n) is 4.42. The molecular weight excluding hydrogens is 384 g/mol. The average molecular weight is 393 g/mol. The van der Waals surface area contributed by atoms with Crippen LogP contribution in [0.25, 0.3) is 0 Å². The maximum absolute atomic E-state index is 11.8. The molecule has 1 aromatic carbocycles. The Balaban J connectivity index is 1.98. The van der Waals surface area contributed by atoms with Crippen molar-refractivity contribution in [3.8, 4) is 0 Å². The van der Waals surface area contributed by atoms with Crippen LogP contribution in [-0.4, -0.2) is 16.7 Å². The SMILES string of the molecule is O=C(Cn1cc(Cl)c(=O)c(Cl)c1)N/N=C\c1ccc(Cl)c(Cl)c1. The van der Waals surface area contributed by atoms with Crippen LogP contribution in [0.4, 0.5) is 0 Å². The molecule has 0 fully saturated rings. The fourth-order valence-corrected chi connectivity index (χ4v) is 2.43. The number of nitrogens with one attached hydrogen (secondary N) is 1. The van der Waals surface area contributed by atoms with E-state index >= 15 is 0 Å². The van der Waals surface area contributed by atoms with Gasteiger partial charge in [0.25, 0.3) is 5.91 Å². The van der Waals surface area contributed by atoms with Gasteiger partial charge in [-0.25, -0.2) is 5.43 Å². The number of hydrazone groups is 1. The monoisotopic (exact) mass is 391 g/mol. The molecule has 23 heavy (non-hydrogen) atoms. The van der Waals surface area contributed by atoms with Crippen LogP contribution in [0.5, 0.6) is 0 Å². The lowest BCUT2D eigenvalue weighted by Crippen LogP contribution is -2.24. The summed E-state index contributed by atoms with van der Waals surface area (Å²) < 4.78 is 1.38. The van der Waals surface area contributed by atoms with Gasteiger partial charge in [0, 0.05) is 12.4 Å². The Kier molecular flexibility index (Phi) is 6.07. The van der Waals surface area contributed by atoms with Crippen LogP contribution in [0.3, 0.4) is 0 Å². The quantitative estimate of drug-likeness (QED) is 0.638. The molecule has 0 aliphatic heterocycles. The topological polar surface area (TPSA) is 63.5 Å². The Morgan fingerprint density at radius 3 is 2.35 bits per heavy atom. The molecule has 120 valence electrons. The van der Waals surface area contributed by atoms with Gasteiger partial charge in [0.2, 0.25) is 5.43 Å². The minimum atomic E-state index is -0.484. The van der Waals surface area contributed by atoms with E-state index in [2.05, 4.69) is 10.5 Å². The standard InChI is InChI=1S/C14H9Cl4N3O2/c15-9-2-1-8(3-10(9)16)4-19-20-13(22)7-21-5-11(17)14(23)12(18)6-21/h1-6H,7H2,(H,20,22)/b19-4-. The van der Waals surface area contributed by atoms with E-state index in [1.165, 1.54) is 23.2 Å². The molecule has 9 heteroatoms. The summed E-state index contributed by atoms with van der Waals surface area (Å²) in [4.78, 5) is 23.1. The molecule has 0 bridgehead atoms. The number of nitrogens with zero attached hydrogens (tertiary/aromatic N) is 2. The summed E-state index contributed by atoms with van der Waals surface area (Å²) in [6.07, 6.45) is 4.06.